The number of carbonyl (C=O) groups is 2. The summed E-state index contributed by atoms with van der Waals surface area (Å²) in [5.74, 6) is -2.44. The molecule has 4 rings (SSSR count). The van der Waals surface area contributed by atoms with Crippen molar-refractivity contribution in [3.63, 3.8) is 0 Å². The van der Waals surface area contributed by atoms with E-state index in [4.69, 9.17) is 0 Å². The van der Waals surface area contributed by atoms with Crippen LogP contribution in [0.15, 0.2) is 77.9 Å². The van der Waals surface area contributed by atoms with E-state index in [1.165, 1.54) is 17.1 Å². The second kappa shape index (κ2) is 12.6. The molecule has 0 spiro atoms. The van der Waals surface area contributed by atoms with E-state index in [9.17, 15) is 23.5 Å². The first-order valence-electron chi connectivity index (χ1n) is 13.6. The fourth-order valence-corrected chi connectivity index (χ4v) is 4.72. The number of benzene rings is 3. The third-order valence-corrected chi connectivity index (χ3v) is 7.06. The monoisotopic (exact) mass is 562 g/mol. The fourth-order valence-electron chi connectivity index (χ4n) is 4.72. The number of aliphatic hydroxyl groups excluding tert-OH is 1. The number of likely N-dealkylation sites (N-methyl/N-ethyl adjacent to an activating group) is 1. The molecule has 0 unspecified atom stereocenters. The molecule has 3 aromatic carbocycles. The van der Waals surface area contributed by atoms with Crippen molar-refractivity contribution in [2.24, 2.45) is 5.10 Å². The quantitative estimate of drug-likeness (QED) is 0.379. The average molecular weight is 563 g/mol. The highest BCUT2D eigenvalue weighted by Gasteiger charge is 2.31. The van der Waals surface area contributed by atoms with Gasteiger partial charge in [0.25, 0.3) is 5.91 Å². The van der Waals surface area contributed by atoms with Crippen LogP contribution in [0.25, 0.3) is 0 Å². The Morgan fingerprint density at radius 3 is 2.37 bits per heavy atom. The summed E-state index contributed by atoms with van der Waals surface area (Å²) in [5.41, 5.74) is 3.09. The number of anilines is 1. The second-order valence-electron chi connectivity index (χ2n) is 11.5. The van der Waals surface area contributed by atoms with Gasteiger partial charge < -0.3 is 15.3 Å². The Bertz CT molecular complexity index is 1400. The molecule has 0 aliphatic carbocycles. The lowest BCUT2D eigenvalue weighted by molar-refractivity contribution is -0.129. The summed E-state index contributed by atoms with van der Waals surface area (Å²) in [4.78, 5) is 27.7. The summed E-state index contributed by atoms with van der Waals surface area (Å²) >= 11 is 0. The third kappa shape index (κ3) is 7.98. The van der Waals surface area contributed by atoms with Crippen LogP contribution < -0.4 is 10.2 Å². The number of nitrogens with zero attached hydrogens (tertiary/aromatic N) is 3. The minimum absolute atomic E-state index is 0.0137. The van der Waals surface area contributed by atoms with Crippen LogP contribution in [-0.4, -0.2) is 53.4 Å². The van der Waals surface area contributed by atoms with Crippen molar-refractivity contribution >= 4 is 23.2 Å². The number of nitrogens with one attached hydrogen (secondary N) is 1. The Hall–Kier alpha value is -4.11. The first-order chi connectivity index (χ1) is 19.4. The molecule has 1 aliphatic rings. The van der Waals surface area contributed by atoms with Crippen LogP contribution in [0, 0.1) is 11.6 Å². The summed E-state index contributed by atoms with van der Waals surface area (Å²) in [6.45, 7) is 6.69. The van der Waals surface area contributed by atoms with E-state index in [-0.39, 0.29) is 48.5 Å². The van der Waals surface area contributed by atoms with Gasteiger partial charge in [-0.15, -0.1) is 0 Å². The van der Waals surface area contributed by atoms with Gasteiger partial charge in [-0.25, -0.2) is 13.8 Å². The Morgan fingerprint density at radius 2 is 1.71 bits per heavy atom. The summed E-state index contributed by atoms with van der Waals surface area (Å²) in [7, 11) is 1.83. The van der Waals surface area contributed by atoms with Crippen molar-refractivity contribution < 1.29 is 23.5 Å². The molecule has 0 radical (unpaired) electrons. The molecule has 0 saturated heterocycles. The van der Waals surface area contributed by atoms with E-state index in [1.807, 2.05) is 66.5 Å². The lowest BCUT2D eigenvalue weighted by atomic mass is 9.87. The van der Waals surface area contributed by atoms with Crippen molar-refractivity contribution in [3.05, 3.63) is 101 Å². The first-order valence-corrected chi connectivity index (χ1v) is 13.6. The van der Waals surface area contributed by atoms with Gasteiger partial charge >= 0.3 is 0 Å². The summed E-state index contributed by atoms with van der Waals surface area (Å²) in [6, 6.07) is 19.4. The van der Waals surface area contributed by atoms with Crippen LogP contribution in [0.4, 0.5) is 14.5 Å². The SMILES string of the molecule is CN(C[C@@H](O)[C@H](Cc1cc(F)cc(F)c1)NC(=O)C1=NN(Cc2ccccc2)C(=O)C1)c1cccc(C(C)(C)C)c1. The number of carbonyl (C=O) groups excluding carboxylic acids is 2. The molecule has 41 heavy (non-hydrogen) atoms. The fraction of sp³-hybridized carbons (Fsp3) is 0.344. The number of rotatable bonds is 10. The second-order valence-corrected chi connectivity index (χ2v) is 11.5. The molecule has 2 N–H and O–H groups in total. The summed E-state index contributed by atoms with van der Waals surface area (Å²) < 4.78 is 27.9. The smallest absolute Gasteiger partial charge is 0.268 e. The maximum atomic E-state index is 14.0. The highest BCUT2D eigenvalue weighted by atomic mass is 19.1. The van der Waals surface area contributed by atoms with E-state index in [1.54, 1.807) is 0 Å². The Morgan fingerprint density at radius 1 is 1.02 bits per heavy atom. The number of aliphatic hydroxyl groups is 1. The molecule has 0 fully saturated rings. The zero-order valence-electron chi connectivity index (χ0n) is 23.8. The molecule has 2 atom stereocenters. The molecule has 1 aliphatic heterocycles. The zero-order valence-corrected chi connectivity index (χ0v) is 23.8. The molecule has 2 amide bonds. The highest BCUT2D eigenvalue weighted by Crippen LogP contribution is 2.26. The maximum Gasteiger partial charge on any atom is 0.268 e. The lowest BCUT2D eigenvalue weighted by Crippen LogP contribution is -2.50. The van der Waals surface area contributed by atoms with Gasteiger partial charge in [-0.3, -0.25) is 9.59 Å². The topological polar surface area (TPSA) is 85.2 Å². The van der Waals surface area contributed by atoms with Crippen LogP contribution in [0.5, 0.6) is 0 Å². The molecule has 7 nitrogen and oxygen atoms in total. The minimum atomic E-state index is -1.12. The summed E-state index contributed by atoms with van der Waals surface area (Å²) in [6.07, 6.45) is -1.34. The molecule has 1 heterocycles. The van der Waals surface area contributed by atoms with E-state index >= 15 is 0 Å². The van der Waals surface area contributed by atoms with Crippen molar-refractivity contribution in [1.82, 2.24) is 10.3 Å². The standard InChI is InChI=1S/C32H36F2N4O3/c1-32(2,3)23-11-8-12-26(16-23)37(4)20-29(39)27(15-22-13-24(33)17-25(34)14-22)35-31(41)28-18-30(40)38(36-28)19-21-9-6-5-7-10-21/h5-14,16-17,27,29,39H,15,18-20H2,1-4H3,(H,35,41)/t27-,29+/m0/s1. The Kier molecular flexibility index (Phi) is 9.18. The average Bonchev–Trinajstić information content (AvgIpc) is 3.27. The molecule has 0 aromatic heterocycles. The molecule has 216 valence electrons. The van der Waals surface area contributed by atoms with Gasteiger partial charge in [-0.2, -0.15) is 5.10 Å². The molecular weight excluding hydrogens is 526 g/mol. The molecule has 0 bridgehead atoms. The molecular formula is C32H36F2N4O3. The van der Waals surface area contributed by atoms with Crippen molar-refractivity contribution in [2.45, 2.75) is 57.7 Å². The summed E-state index contributed by atoms with van der Waals surface area (Å²) in [5, 5.41) is 19.5. The number of halogens is 2. The van der Waals surface area contributed by atoms with Crippen LogP contribution in [0.2, 0.25) is 0 Å². The van der Waals surface area contributed by atoms with Gasteiger partial charge in [0.1, 0.15) is 17.3 Å². The first kappa shape index (κ1) is 29.9. The lowest BCUT2D eigenvalue weighted by Gasteiger charge is -2.30. The van der Waals surface area contributed by atoms with Gasteiger partial charge in [0.2, 0.25) is 5.91 Å². The zero-order chi connectivity index (χ0) is 29.7. The molecule has 9 heteroatoms. The van der Waals surface area contributed by atoms with Gasteiger partial charge in [-0.1, -0.05) is 63.2 Å². The third-order valence-electron chi connectivity index (χ3n) is 7.06. The van der Waals surface area contributed by atoms with Crippen LogP contribution in [-0.2, 0) is 28.0 Å². The van der Waals surface area contributed by atoms with Crippen molar-refractivity contribution in [2.75, 3.05) is 18.5 Å². The predicted molar refractivity (Wildman–Crippen MR) is 155 cm³/mol. The van der Waals surface area contributed by atoms with Crippen LogP contribution >= 0.6 is 0 Å². The van der Waals surface area contributed by atoms with E-state index in [0.717, 1.165) is 22.9 Å². The Labute approximate surface area is 239 Å². The van der Waals surface area contributed by atoms with E-state index < -0.39 is 29.7 Å². The van der Waals surface area contributed by atoms with E-state index in [0.29, 0.717) is 0 Å². The number of hydrazone groups is 1. The Balaban J connectivity index is 1.52. The van der Waals surface area contributed by atoms with Crippen molar-refractivity contribution in [3.8, 4) is 0 Å². The van der Waals surface area contributed by atoms with Crippen molar-refractivity contribution in [1.29, 1.82) is 0 Å². The highest BCUT2D eigenvalue weighted by molar-refractivity contribution is 6.43. The van der Waals surface area contributed by atoms with Gasteiger partial charge in [0.15, 0.2) is 0 Å². The largest absolute Gasteiger partial charge is 0.389 e. The van der Waals surface area contributed by atoms with Gasteiger partial charge in [0, 0.05) is 25.3 Å². The van der Waals surface area contributed by atoms with Crippen LogP contribution in [0.1, 0.15) is 43.9 Å². The van der Waals surface area contributed by atoms with E-state index in [2.05, 4.69) is 31.2 Å². The molecule has 0 saturated carbocycles. The van der Waals surface area contributed by atoms with Crippen LogP contribution in [0.3, 0.4) is 0 Å². The number of hydrogen-bond donors (Lipinski definition) is 2. The normalized spacial score (nSPS) is 15.0. The van der Waals surface area contributed by atoms with Gasteiger partial charge in [-0.05, 0) is 52.8 Å². The maximum absolute atomic E-state index is 14.0. The van der Waals surface area contributed by atoms with Gasteiger partial charge in [0.05, 0.1) is 25.1 Å². The number of amides is 2. The molecule has 3 aromatic rings. The predicted octanol–water partition coefficient (Wildman–Crippen LogP) is 4.58. The minimum Gasteiger partial charge on any atom is -0.389 e. The number of hydrogen-bond acceptors (Lipinski definition) is 5.